The van der Waals surface area contributed by atoms with E-state index in [1.54, 1.807) is 6.07 Å². The lowest BCUT2D eigenvalue weighted by Gasteiger charge is -1.99. The Morgan fingerprint density at radius 2 is 2.27 bits per heavy atom. The molecule has 3 N–H and O–H groups in total. The van der Waals surface area contributed by atoms with Gasteiger partial charge in [0.25, 0.3) is 5.91 Å². The minimum Gasteiger partial charge on any atom is -0.507 e. The summed E-state index contributed by atoms with van der Waals surface area (Å²) in [5.41, 5.74) is 5.60. The van der Waals surface area contributed by atoms with Gasteiger partial charge in [0.2, 0.25) is 0 Å². The molecule has 0 atom stereocenters. The number of hydrogen-bond donors (Lipinski definition) is 2. The molecule has 4 heteroatoms. The Morgan fingerprint density at radius 1 is 1.53 bits per heavy atom. The van der Waals surface area contributed by atoms with Crippen LogP contribution < -0.4 is 5.73 Å². The number of carbonyl (C=O) groups is 1. The lowest BCUT2D eigenvalue weighted by Crippen LogP contribution is -2.11. The quantitative estimate of drug-likeness (QED) is 0.656. The number of phenols is 1. The van der Waals surface area contributed by atoms with Gasteiger partial charge >= 0.3 is 0 Å². The number of nitrogens with zero attached hydrogens (tertiary/aromatic N) is 1. The largest absolute Gasteiger partial charge is 0.507 e. The molecule has 0 aliphatic rings. The van der Waals surface area contributed by atoms with Gasteiger partial charge < -0.3 is 10.8 Å². The fourth-order valence-corrected chi connectivity index (χ4v) is 0.997. The Bertz CT molecular complexity index is 490. The third-order valence-electron chi connectivity index (χ3n) is 1.66. The van der Waals surface area contributed by atoms with Crippen molar-refractivity contribution in [2.45, 2.75) is 6.42 Å². The maximum absolute atomic E-state index is 10.9. The third kappa shape index (κ3) is 2.75. The van der Waals surface area contributed by atoms with Crippen LogP contribution in [0.2, 0.25) is 0 Å². The molecule has 0 heterocycles. The summed E-state index contributed by atoms with van der Waals surface area (Å²) in [6.45, 7) is 0. The molecule has 0 saturated carbocycles. The molecule has 0 unspecified atom stereocenters. The summed E-state index contributed by atoms with van der Waals surface area (Å²) in [5.74, 6) is 4.38. The molecule has 1 rings (SSSR count). The number of aromatic hydroxyl groups is 1. The Labute approximate surface area is 86.9 Å². The Balaban J connectivity index is 3.05. The fourth-order valence-electron chi connectivity index (χ4n) is 0.997. The molecule has 1 aromatic carbocycles. The molecule has 0 saturated heterocycles. The van der Waals surface area contributed by atoms with Crippen molar-refractivity contribution < 1.29 is 9.90 Å². The zero-order valence-electron chi connectivity index (χ0n) is 7.82. The Morgan fingerprint density at radius 3 is 2.87 bits per heavy atom. The maximum Gasteiger partial charge on any atom is 0.252 e. The van der Waals surface area contributed by atoms with E-state index in [4.69, 9.17) is 11.0 Å². The number of nitrogens with two attached hydrogens (primary N) is 1. The molecule has 0 bridgehead atoms. The highest BCUT2D eigenvalue weighted by Gasteiger charge is 2.06. The second-order valence-electron chi connectivity index (χ2n) is 2.73. The molecule has 0 radical (unpaired) electrons. The summed E-state index contributed by atoms with van der Waals surface area (Å²) in [6.07, 6.45) is 0.118. The van der Waals surface area contributed by atoms with Crippen molar-refractivity contribution in [3.05, 3.63) is 29.3 Å². The van der Waals surface area contributed by atoms with Crippen molar-refractivity contribution in [2.24, 2.45) is 5.73 Å². The molecular formula is C11H8N2O2. The highest BCUT2D eigenvalue weighted by Crippen LogP contribution is 2.17. The van der Waals surface area contributed by atoms with Crippen LogP contribution in [-0.2, 0) is 0 Å². The Hall–Kier alpha value is -2.46. The van der Waals surface area contributed by atoms with Crippen LogP contribution >= 0.6 is 0 Å². The van der Waals surface area contributed by atoms with Gasteiger partial charge in [-0.1, -0.05) is 11.8 Å². The lowest BCUT2D eigenvalue weighted by molar-refractivity contribution is 0.0997. The summed E-state index contributed by atoms with van der Waals surface area (Å²) in [5, 5.41) is 17.5. The van der Waals surface area contributed by atoms with Crippen LogP contribution in [0.3, 0.4) is 0 Å². The molecule has 0 fully saturated rings. The van der Waals surface area contributed by atoms with Gasteiger partial charge in [-0.15, -0.1) is 0 Å². The average Bonchev–Trinajstić information content (AvgIpc) is 2.20. The van der Waals surface area contributed by atoms with Crippen molar-refractivity contribution in [3.63, 3.8) is 0 Å². The second kappa shape index (κ2) is 4.69. The summed E-state index contributed by atoms with van der Waals surface area (Å²) in [6, 6.07) is 6.15. The van der Waals surface area contributed by atoms with Gasteiger partial charge in [-0.2, -0.15) is 5.26 Å². The summed E-state index contributed by atoms with van der Waals surface area (Å²) in [4.78, 5) is 10.9. The number of carbonyl (C=O) groups excluding carboxylic acids is 1. The molecule has 74 valence electrons. The number of primary amides is 1. The van der Waals surface area contributed by atoms with Gasteiger partial charge in [0.05, 0.1) is 18.1 Å². The van der Waals surface area contributed by atoms with E-state index >= 15 is 0 Å². The number of hydrogen-bond acceptors (Lipinski definition) is 3. The van der Waals surface area contributed by atoms with Crippen LogP contribution in [0.5, 0.6) is 5.75 Å². The molecule has 0 spiro atoms. The third-order valence-corrected chi connectivity index (χ3v) is 1.66. The molecular weight excluding hydrogens is 192 g/mol. The maximum atomic E-state index is 10.9. The topological polar surface area (TPSA) is 87.1 Å². The Kier molecular flexibility index (Phi) is 3.32. The number of amides is 1. The smallest absolute Gasteiger partial charge is 0.252 e. The zero-order valence-corrected chi connectivity index (χ0v) is 7.82. The molecule has 1 aromatic rings. The van der Waals surface area contributed by atoms with E-state index in [0.29, 0.717) is 5.56 Å². The fraction of sp³-hybridized carbons (Fsp3) is 0.0909. The van der Waals surface area contributed by atoms with E-state index in [1.165, 1.54) is 12.1 Å². The summed E-state index contributed by atoms with van der Waals surface area (Å²) in [7, 11) is 0. The van der Waals surface area contributed by atoms with Crippen molar-refractivity contribution >= 4 is 5.91 Å². The first-order chi connectivity index (χ1) is 7.15. The molecule has 0 aliphatic heterocycles. The van der Waals surface area contributed by atoms with Gasteiger partial charge in [-0.25, -0.2) is 0 Å². The van der Waals surface area contributed by atoms with E-state index in [2.05, 4.69) is 11.8 Å². The first-order valence-corrected chi connectivity index (χ1v) is 4.14. The molecule has 1 amide bonds. The highest BCUT2D eigenvalue weighted by molar-refractivity contribution is 5.95. The number of benzene rings is 1. The first-order valence-electron chi connectivity index (χ1n) is 4.14. The molecule has 4 nitrogen and oxygen atoms in total. The predicted molar refractivity (Wildman–Crippen MR) is 53.7 cm³/mol. The van der Waals surface area contributed by atoms with E-state index in [-0.39, 0.29) is 17.7 Å². The van der Waals surface area contributed by atoms with E-state index in [9.17, 15) is 9.90 Å². The summed E-state index contributed by atoms with van der Waals surface area (Å²) >= 11 is 0. The van der Waals surface area contributed by atoms with E-state index in [1.807, 2.05) is 6.07 Å². The van der Waals surface area contributed by atoms with Crippen molar-refractivity contribution in [3.8, 4) is 23.7 Å². The van der Waals surface area contributed by atoms with Crippen LogP contribution in [0.15, 0.2) is 18.2 Å². The monoisotopic (exact) mass is 200 g/mol. The predicted octanol–water partition coefficient (Wildman–Crippen LogP) is 0.756. The summed E-state index contributed by atoms with van der Waals surface area (Å²) < 4.78 is 0. The standard InChI is InChI=1S/C11H8N2O2/c12-6-2-1-3-8-4-5-10(14)9(7-8)11(13)15/h4-5,7,14H,2H2,(H2,13,15). The van der Waals surface area contributed by atoms with E-state index in [0.717, 1.165) is 0 Å². The number of rotatable bonds is 1. The molecule has 15 heavy (non-hydrogen) atoms. The van der Waals surface area contributed by atoms with Gasteiger partial charge in [-0.05, 0) is 18.2 Å². The molecule has 0 aromatic heterocycles. The van der Waals surface area contributed by atoms with Gasteiger partial charge in [0, 0.05) is 5.56 Å². The first kappa shape index (κ1) is 10.6. The zero-order chi connectivity index (χ0) is 11.3. The lowest BCUT2D eigenvalue weighted by atomic mass is 10.1. The average molecular weight is 200 g/mol. The minimum atomic E-state index is -0.712. The second-order valence-corrected chi connectivity index (χ2v) is 2.73. The SMILES string of the molecule is N#CCC#Cc1ccc(O)c(C(N)=O)c1. The van der Waals surface area contributed by atoms with Gasteiger partial charge in [-0.3, -0.25) is 4.79 Å². The van der Waals surface area contributed by atoms with E-state index < -0.39 is 5.91 Å². The van der Waals surface area contributed by atoms with Crippen LogP contribution in [0.1, 0.15) is 22.3 Å². The highest BCUT2D eigenvalue weighted by atomic mass is 16.3. The van der Waals surface area contributed by atoms with Crippen LogP contribution in [0.25, 0.3) is 0 Å². The van der Waals surface area contributed by atoms with Gasteiger partial charge in [0.15, 0.2) is 0 Å². The molecule has 0 aliphatic carbocycles. The minimum absolute atomic E-state index is 0.0266. The van der Waals surface area contributed by atoms with Crippen LogP contribution in [0, 0.1) is 23.2 Å². The normalized spacial score (nSPS) is 8.47. The van der Waals surface area contributed by atoms with Crippen LogP contribution in [0.4, 0.5) is 0 Å². The van der Waals surface area contributed by atoms with Crippen LogP contribution in [-0.4, -0.2) is 11.0 Å². The van der Waals surface area contributed by atoms with Crippen molar-refractivity contribution in [1.29, 1.82) is 5.26 Å². The number of nitriles is 1. The van der Waals surface area contributed by atoms with Crippen molar-refractivity contribution in [1.82, 2.24) is 0 Å². The van der Waals surface area contributed by atoms with Gasteiger partial charge in [0.1, 0.15) is 5.75 Å². The van der Waals surface area contributed by atoms with Crippen molar-refractivity contribution in [2.75, 3.05) is 0 Å².